The van der Waals surface area contributed by atoms with E-state index in [0.29, 0.717) is 29.3 Å². The van der Waals surface area contributed by atoms with Crippen LogP contribution in [0.5, 0.6) is 17.2 Å². The molecule has 214 valence electrons. The van der Waals surface area contributed by atoms with Crippen LogP contribution in [-0.4, -0.2) is 5.97 Å². The summed E-state index contributed by atoms with van der Waals surface area (Å²) in [5.41, 5.74) is 13.9. The number of fused-ring (bicyclic) bond motifs is 2. The number of allylic oxidation sites excluding steroid dienone is 1. The lowest BCUT2D eigenvalue weighted by atomic mass is 9.83. The molecule has 0 saturated carbocycles. The van der Waals surface area contributed by atoms with Crippen molar-refractivity contribution in [1.29, 1.82) is 5.26 Å². The molecular formula is C36H30N2O5. The van der Waals surface area contributed by atoms with Crippen LogP contribution in [0.4, 0.5) is 0 Å². The first-order chi connectivity index (χ1) is 20.7. The Balaban J connectivity index is 1.24. The largest absolute Gasteiger partial charge is 0.489 e. The van der Waals surface area contributed by atoms with Crippen LogP contribution in [0, 0.1) is 39.0 Å². The first kappa shape index (κ1) is 27.7. The summed E-state index contributed by atoms with van der Waals surface area (Å²) in [6.45, 7) is 8.35. The maximum atomic E-state index is 13.1. The summed E-state index contributed by atoms with van der Waals surface area (Å²) >= 11 is 0. The zero-order valence-corrected chi connectivity index (χ0v) is 24.4. The molecule has 0 spiro atoms. The second-order valence-electron chi connectivity index (χ2n) is 10.8. The van der Waals surface area contributed by atoms with Crippen LogP contribution in [0.3, 0.4) is 0 Å². The van der Waals surface area contributed by atoms with Crippen molar-refractivity contribution in [3.05, 3.63) is 135 Å². The van der Waals surface area contributed by atoms with Crippen LogP contribution in [-0.2, 0) is 6.61 Å². The molecule has 7 nitrogen and oxygen atoms in total. The van der Waals surface area contributed by atoms with E-state index in [2.05, 4.69) is 18.2 Å². The van der Waals surface area contributed by atoms with Crippen molar-refractivity contribution in [2.24, 2.45) is 5.73 Å². The van der Waals surface area contributed by atoms with Gasteiger partial charge in [0, 0.05) is 22.6 Å². The second kappa shape index (κ2) is 11.1. The number of esters is 1. The summed E-state index contributed by atoms with van der Waals surface area (Å²) in [6.07, 6.45) is 0. The summed E-state index contributed by atoms with van der Waals surface area (Å²) in [5, 5.41) is 10.8. The molecule has 1 aliphatic rings. The Kier molecular flexibility index (Phi) is 7.12. The lowest BCUT2D eigenvalue weighted by Gasteiger charge is -2.26. The second-order valence-corrected chi connectivity index (χ2v) is 10.8. The van der Waals surface area contributed by atoms with E-state index in [4.69, 9.17) is 24.4 Å². The van der Waals surface area contributed by atoms with Gasteiger partial charge >= 0.3 is 5.97 Å². The SMILES string of the molecule is Cc1ccc(COc2ccc(C3C(C#N)=C(N)Oc4cc(OC(=O)c5oc6cc(C)c(C)cc6c5C)ccc43)cc2)cc1. The van der Waals surface area contributed by atoms with Crippen LogP contribution >= 0.6 is 0 Å². The molecule has 1 unspecified atom stereocenters. The van der Waals surface area contributed by atoms with Gasteiger partial charge in [0.15, 0.2) is 0 Å². The number of hydrogen-bond acceptors (Lipinski definition) is 7. The lowest BCUT2D eigenvalue weighted by Crippen LogP contribution is -2.21. The summed E-state index contributed by atoms with van der Waals surface area (Å²) in [7, 11) is 0. The quantitative estimate of drug-likeness (QED) is 0.165. The minimum Gasteiger partial charge on any atom is -0.489 e. The number of rotatable bonds is 6. The van der Waals surface area contributed by atoms with E-state index >= 15 is 0 Å². The third kappa shape index (κ3) is 5.31. The Hall–Kier alpha value is -5.48. The van der Waals surface area contributed by atoms with E-state index < -0.39 is 11.9 Å². The molecule has 0 aliphatic carbocycles. The lowest BCUT2D eigenvalue weighted by molar-refractivity contribution is 0.0702. The molecule has 5 aromatic rings. The first-order valence-electron chi connectivity index (χ1n) is 13.9. The number of nitriles is 1. The van der Waals surface area contributed by atoms with Gasteiger partial charge in [-0.05, 0) is 80.3 Å². The molecule has 0 saturated heterocycles. The number of carbonyl (C=O) groups is 1. The molecule has 43 heavy (non-hydrogen) atoms. The van der Waals surface area contributed by atoms with Crippen LogP contribution in [0.2, 0.25) is 0 Å². The minimum absolute atomic E-state index is 0.00189. The van der Waals surface area contributed by atoms with Gasteiger partial charge in [-0.2, -0.15) is 5.26 Å². The zero-order valence-electron chi connectivity index (χ0n) is 24.4. The van der Waals surface area contributed by atoms with Gasteiger partial charge in [0.25, 0.3) is 0 Å². The van der Waals surface area contributed by atoms with E-state index in [0.717, 1.165) is 38.8 Å². The summed E-state index contributed by atoms with van der Waals surface area (Å²) < 4.78 is 23.4. The molecule has 7 heteroatoms. The maximum Gasteiger partial charge on any atom is 0.379 e. The molecule has 2 N–H and O–H groups in total. The number of ether oxygens (including phenoxy) is 3. The van der Waals surface area contributed by atoms with Crippen molar-refractivity contribution in [2.75, 3.05) is 0 Å². The Bertz CT molecular complexity index is 1940. The first-order valence-corrected chi connectivity index (χ1v) is 13.9. The molecule has 1 atom stereocenters. The van der Waals surface area contributed by atoms with Gasteiger partial charge in [-0.25, -0.2) is 4.79 Å². The van der Waals surface area contributed by atoms with E-state index in [-0.39, 0.29) is 17.4 Å². The fourth-order valence-electron chi connectivity index (χ4n) is 5.27. The standard InChI is InChI=1S/C36H30N2O5/c1-20-5-7-24(8-6-20)19-40-26-11-9-25(10-12-26)33-28-14-13-27(17-32(28)43-35(38)30(33)18-37)41-36(39)34-23(4)29-15-21(2)22(3)16-31(29)42-34/h5-17,33H,19,38H2,1-4H3. The normalized spacial score (nSPS) is 14.2. The predicted octanol–water partition coefficient (Wildman–Crippen LogP) is 7.68. The highest BCUT2D eigenvalue weighted by Crippen LogP contribution is 2.44. The number of hydrogen-bond donors (Lipinski definition) is 1. The van der Waals surface area contributed by atoms with Gasteiger partial charge in [0.1, 0.15) is 41.1 Å². The Morgan fingerprint density at radius 1 is 0.907 bits per heavy atom. The Morgan fingerprint density at radius 2 is 1.60 bits per heavy atom. The summed E-state index contributed by atoms with van der Waals surface area (Å²) in [6, 6.07) is 27.0. The highest BCUT2D eigenvalue weighted by molar-refractivity contribution is 5.97. The van der Waals surface area contributed by atoms with Gasteiger partial charge in [0.05, 0.1) is 5.92 Å². The summed E-state index contributed by atoms with van der Waals surface area (Å²) in [5.74, 6) is 0.448. The monoisotopic (exact) mass is 570 g/mol. The molecule has 4 aromatic carbocycles. The predicted molar refractivity (Wildman–Crippen MR) is 163 cm³/mol. The van der Waals surface area contributed by atoms with Crippen LogP contribution in [0.1, 0.15) is 55.4 Å². The van der Waals surface area contributed by atoms with E-state index in [1.165, 1.54) is 5.56 Å². The molecule has 1 aromatic heterocycles. The van der Waals surface area contributed by atoms with Crippen molar-refractivity contribution >= 4 is 16.9 Å². The van der Waals surface area contributed by atoms with Crippen molar-refractivity contribution in [1.82, 2.24) is 0 Å². The fourth-order valence-corrected chi connectivity index (χ4v) is 5.27. The molecular weight excluding hydrogens is 540 g/mol. The topological polar surface area (TPSA) is 108 Å². The number of nitrogens with zero attached hydrogens (tertiary/aromatic N) is 1. The van der Waals surface area contributed by atoms with Crippen molar-refractivity contribution in [3.8, 4) is 23.3 Å². The number of nitrogens with two attached hydrogens (primary N) is 1. The van der Waals surface area contributed by atoms with Gasteiger partial charge in [-0.3, -0.25) is 0 Å². The molecule has 0 amide bonds. The molecule has 0 radical (unpaired) electrons. The summed E-state index contributed by atoms with van der Waals surface area (Å²) in [4.78, 5) is 13.1. The zero-order chi connectivity index (χ0) is 30.2. The molecule has 0 bridgehead atoms. The van der Waals surface area contributed by atoms with E-state index in [1.54, 1.807) is 18.2 Å². The van der Waals surface area contributed by atoms with Gasteiger partial charge in [0.2, 0.25) is 11.6 Å². The van der Waals surface area contributed by atoms with Crippen molar-refractivity contribution in [3.63, 3.8) is 0 Å². The van der Waals surface area contributed by atoms with Gasteiger partial charge in [-0.15, -0.1) is 0 Å². The number of carbonyl (C=O) groups excluding carboxylic acids is 1. The van der Waals surface area contributed by atoms with E-state index in [9.17, 15) is 10.1 Å². The number of benzene rings is 4. The minimum atomic E-state index is -0.612. The maximum absolute atomic E-state index is 13.1. The fraction of sp³-hybridized carbons (Fsp3) is 0.167. The van der Waals surface area contributed by atoms with Gasteiger partial charge in [-0.1, -0.05) is 48.0 Å². The molecule has 6 rings (SSSR count). The van der Waals surface area contributed by atoms with Crippen LogP contribution in [0.15, 0.2) is 94.7 Å². The molecule has 0 fully saturated rings. The Morgan fingerprint density at radius 3 is 2.33 bits per heavy atom. The average molecular weight is 571 g/mol. The van der Waals surface area contributed by atoms with Crippen LogP contribution in [0.25, 0.3) is 11.0 Å². The third-order valence-corrected chi connectivity index (χ3v) is 7.88. The number of aryl methyl sites for hydroxylation is 4. The highest BCUT2D eigenvalue weighted by Gasteiger charge is 2.31. The van der Waals surface area contributed by atoms with Gasteiger partial charge < -0.3 is 24.4 Å². The molecule has 2 heterocycles. The third-order valence-electron chi connectivity index (χ3n) is 7.88. The smallest absolute Gasteiger partial charge is 0.379 e. The Labute approximate surface area is 249 Å². The van der Waals surface area contributed by atoms with E-state index in [1.807, 2.05) is 76.2 Å². The average Bonchev–Trinajstić information content (AvgIpc) is 3.31. The highest BCUT2D eigenvalue weighted by atomic mass is 16.5. The van der Waals surface area contributed by atoms with Crippen molar-refractivity contribution < 1.29 is 23.4 Å². The van der Waals surface area contributed by atoms with Crippen molar-refractivity contribution in [2.45, 2.75) is 40.2 Å². The molecule has 1 aliphatic heterocycles. The van der Waals surface area contributed by atoms with Crippen LogP contribution < -0.4 is 19.9 Å². The number of furan rings is 1.